The van der Waals surface area contributed by atoms with E-state index in [1.165, 1.54) is 6.07 Å². The van der Waals surface area contributed by atoms with E-state index in [0.29, 0.717) is 18.5 Å². The highest BCUT2D eigenvalue weighted by Gasteiger charge is 2.32. The highest BCUT2D eigenvalue weighted by Crippen LogP contribution is 2.32. The van der Waals surface area contributed by atoms with Crippen LogP contribution in [0.1, 0.15) is 58.6 Å². The summed E-state index contributed by atoms with van der Waals surface area (Å²) >= 11 is 0. The molecule has 28 heavy (non-hydrogen) atoms. The van der Waals surface area contributed by atoms with Crippen molar-refractivity contribution in [1.29, 1.82) is 0 Å². The second-order valence-corrected chi connectivity index (χ2v) is 8.27. The van der Waals surface area contributed by atoms with Gasteiger partial charge in [0.2, 0.25) is 5.91 Å². The third-order valence-corrected chi connectivity index (χ3v) is 3.95. The van der Waals surface area contributed by atoms with Gasteiger partial charge in [-0.3, -0.25) is 4.79 Å². The summed E-state index contributed by atoms with van der Waals surface area (Å²) < 4.78 is 43.7. The van der Waals surface area contributed by atoms with Crippen molar-refractivity contribution in [1.82, 2.24) is 10.6 Å². The number of rotatable bonds is 7. The Bertz CT molecular complexity index is 680. The van der Waals surface area contributed by atoms with Gasteiger partial charge in [0.15, 0.2) is 0 Å². The fourth-order valence-corrected chi connectivity index (χ4v) is 2.38. The number of alkyl carbamates (subject to hydrolysis) is 1. The van der Waals surface area contributed by atoms with Gasteiger partial charge in [-0.1, -0.05) is 32.0 Å². The van der Waals surface area contributed by atoms with E-state index in [-0.39, 0.29) is 18.9 Å². The average molecular weight is 402 g/mol. The molecule has 1 aromatic rings. The first-order chi connectivity index (χ1) is 12.7. The smallest absolute Gasteiger partial charge is 0.416 e. The number of benzene rings is 1. The molecule has 5 nitrogen and oxygen atoms in total. The predicted octanol–water partition coefficient (Wildman–Crippen LogP) is 4.40. The Morgan fingerprint density at radius 2 is 1.61 bits per heavy atom. The molecule has 2 N–H and O–H groups in total. The molecule has 0 aliphatic heterocycles. The van der Waals surface area contributed by atoms with Gasteiger partial charge in [-0.25, -0.2) is 4.79 Å². The molecule has 0 fully saturated rings. The van der Waals surface area contributed by atoms with Gasteiger partial charge in [0.1, 0.15) is 5.60 Å². The van der Waals surface area contributed by atoms with Gasteiger partial charge in [0.05, 0.1) is 5.56 Å². The normalized spacial score (nSPS) is 12.4. The lowest BCUT2D eigenvalue weighted by Gasteiger charge is -2.26. The molecule has 0 heterocycles. The molecule has 158 valence electrons. The number of amides is 2. The Hall–Kier alpha value is -2.25. The fraction of sp³-hybridized carbons (Fsp3) is 0.600. The Morgan fingerprint density at radius 3 is 2.18 bits per heavy atom. The Labute approximate surface area is 164 Å². The largest absolute Gasteiger partial charge is 0.444 e. The Kier molecular flexibility index (Phi) is 7.90. The van der Waals surface area contributed by atoms with Crippen LogP contribution in [0.25, 0.3) is 0 Å². The molecule has 0 radical (unpaired) electrons. The number of ether oxygens (including phenoxy) is 1. The van der Waals surface area contributed by atoms with Crippen molar-refractivity contribution in [2.45, 2.75) is 64.7 Å². The minimum atomic E-state index is -4.41. The first-order valence-electron chi connectivity index (χ1n) is 9.12. The van der Waals surface area contributed by atoms with Gasteiger partial charge in [-0.2, -0.15) is 13.2 Å². The zero-order valence-corrected chi connectivity index (χ0v) is 17.0. The third-order valence-electron chi connectivity index (χ3n) is 3.95. The molecule has 2 amide bonds. The summed E-state index contributed by atoms with van der Waals surface area (Å²) in [5.41, 5.74) is -1.46. The van der Waals surface area contributed by atoms with Crippen LogP contribution in [0.15, 0.2) is 24.3 Å². The van der Waals surface area contributed by atoms with E-state index in [4.69, 9.17) is 4.74 Å². The molecule has 8 heteroatoms. The molecule has 0 aliphatic carbocycles. The molecule has 0 spiro atoms. The number of hydrogen-bond acceptors (Lipinski definition) is 3. The van der Waals surface area contributed by atoms with E-state index in [1.807, 2.05) is 0 Å². The van der Waals surface area contributed by atoms with Crippen molar-refractivity contribution in [2.24, 2.45) is 0 Å². The minimum Gasteiger partial charge on any atom is -0.444 e. The van der Waals surface area contributed by atoms with Crippen LogP contribution in [-0.2, 0) is 21.1 Å². The molecule has 1 aromatic carbocycles. The molecule has 0 atom stereocenters. The van der Waals surface area contributed by atoms with E-state index in [9.17, 15) is 22.8 Å². The molecule has 0 saturated heterocycles. The van der Waals surface area contributed by atoms with Crippen LogP contribution < -0.4 is 10.6 Å². The van der Waals surface area contributed by atoms with E-state index < -0.39 is 28.8 Å². The van der Waals surface area contributed by atoms with Crippen molar-refractivity contribution >= 4 is 12.0 Å². The first-order valence-corrected chi connectivity index (χ1v) is 9.12. The molecular weight excluding hydrogens is 373 g/mol. The van der Waals surface area contributed by atoms with Crippen LogP contribution in [0.3, 0.4) is 0 Å². The zero-order chi connectivity index (χ0) is 21.6. The van der Waals surface area contributed by atoms with Crippen LogP contribution in [-0.4, -0.2) is 30.7 Å². The second kappa shape index (κ2) is 9.30. The minimum absolute atomic E-state index is 0.189. The number of hydrogen-bond donors (Lipinski definition) is 2. The summed E-state index contributed by atoms with van der Waals surface area (Å²) in [4.78, 5) is 23.5. The van der Waals surface area contributed by atoms with Gasteiger partial charge >= 0.3 is 12.3 Å². The summed E-state index contributed by atoms with van der Waals surface area (Å²) in [6.07, 6.45) is -4.33. The highest BCUT2D eigenvalue weighted by molar-refractivity contribution is 5.76. The lowest BCUT2D eigenvalue weighted by molar-refractivity contribution is -0.137. The fourth-order valence-electron chi connectivity index (χ4n) is 2.38. The summed E-state index contributed by atoms with van der Waals surface area (Å²) in [5, 5.41) is 5.31. The van der Waals surface area contributed by atoms with Gasteiger partial charge in [0, 0.05) is 24.9 Å². The van der Waals surface area contributed by atoms with E-state index >= 15 is 0 Å². The summed E-state index contributed by atoms with van der Waals surface area (Å²) in [6.45, 7) is 9.30. The van der Waals surface area contributed by atoms with Crippen molar-refractivity contribution < 1.29 is 27.5 Å². The maximum Gasteiger partial charge on any atom is 0.416 e. The number of halogens is 3. The van der Waals surface area contributed by atoms with Crippen molar-refractivity contribution in [3.8, 4) is 0 Å². The van der Waals surface area contributed by atoms with E-state index in [1.54, 1.807) is 40.7 Å². The summed E-state index contributed by atoms with van der Waals surface area (Å²) in [5.74, 6) is -0.231. The van der Waals surface area contributed by atoms with Crippen LogP contribution in [0.5, 0.6) is 0 Å². The molecule has 0 unspecified atom stereocenters. The molecule has 0 bridgehead atoms. The first kappa shape index (κ1) is 23.8. The van der Waals surface area contributed by atoms with Crippen molar-refractivity contribution in [3.05, 3.63) is 35.4 Å². The monoisotopic (exact) mass is 402 g/mol. The quantitative estimate of drug-likeness (QED) is 0.664. The predicted molar refractivity (Wildman–Crippen MR) is 101 cm³/mol. The van der Waals surface area contributed by atoms with Gasteiger partial charge in [0.25, 0.3) is 0 Å². The lowest BCUT2D eigenvalue weighted by Crippen LogP contribution is -2.37. The standard InChI is InChI=1S/C20H29F3N2O3/c1-18(2,3)28-17(27)24-11-7-10-16(26)25-13-19(4,5)14-8-6-9-15(12-14)20(21,22)23/h6,8-9,12H,7,10-11,13H2,1-5H3,(H,24,27)(H,25,26). The maximum atomic E-state index is 12.9. The van der Waals surface area contributed by atoms with Gasteiger partial charge < -0.3 is 15.4 Å². The topological polar surface area (TPSA) is 67.4 Å². The molecule has 0 aromatic heterocycles. The second-order valence-electron chi connectivity index (χ2n) is 8.27. The maximum absolute atomic E-state index is 12.9. The Morgan fingerprint density at radius 1 is 1.00 bits per heavy atom. The molecule has 1 rings (SSSR count). The number of alkyl halides is 3. The van der Waals surface area contributed by atoms with Crippen molar-refractivity contribution in [3.63, 3.8) is 0 Å². The van der Waals surface area contributed by atoms with Crippen LogP contribution in [0, 0.1) is 0 Å². The van der Waals surface area contributed by atoms with Crippen LogP contribution in [0.4, 0.5) is 18.0 Å². The average Bonchev–Trinajstić information content (AvgIpc) is 2.55. The molecule has 0 saturated carbocycles. The number of carbonyl (C=O) groups is 2. The summed E-state index contributed by atoms with van der Waals surface area (Å²) in [6, 6.07) is 5.11. The molecule has 0 aliphatic rings. The third kappa shape index (κ3) is 8.63. The van der Waals surface area contributed by atoms with Gasteiger partial charge in [-0.15, -0.1) is 0 Å². The van der Waals surface area contributed by atoms with Gasteiger partial charge in [-0.05, 0) is 38.8 Å². The van der Waals surface area contributed by atoms with Crippen LogP contribution >= 0.6 is 0 Å². The SMILES string of the molecule is CC(C)(C)OC(=O)NCCCC(=O)NCC(C)(C)c1cccc(C(F)(F)F)c1. The Balaban J connectivity index is 2.44. The summed E-state index contributed by atoms with van der Waals surface area (Å²) in [7, 11) is 0. The van der Waals surface area contributed by atoms with E-state index in [2.05, 4.69) is 10.6 Å². The van der Waals surface area contributed by atoms with Crippen LogP contribution in [0.2, 0.25) is 0 Å². The van der Waals surface area contributed by atoms with Crippen molar-refractivity contribution in [2.75, 3.05) is 13.1 Å². The highest BCUT2D eigenvalue weighted by atomic mass is 19.4. The molecular formula is C20H29F3N2O3. The number of nitrogens with one attached hydrogen (secondary N) is 2. The number of carbonyl (C=O) groups excluding carboxylic acids is 2. The zero-order valence-electron chi connectivity index (χ0n) is 17.0. The lowest BCUT2D eigenvalue weighted by atomic mass is 9.83. The van der Waals surface area contributed by atoms with E-state index in [0.717, 1.165) is 12.1 Å².